The van der Waals surface area contributed by atoms with Gasteiger partial charge in [-0.3, -0.25) is 9.78 Å². The largest absolute Gasteiger partial charge is 0.393 e. The van der Waals surface area contributed by atoms with Crippen LogP contribution in [0.4, 0.5) is 5.95 Å². The van der Waals surface area contributed by atoms with E-state index in [0.29, 0.717) is 24.4 Å². The van der Waals surface area contributed by atoms with Crippen molar-refractivity contribution < 1.29 is 9.90 Å². The van der Waals surface area contributed by atoms with Gasteiger partial charge in [-0.15, -0.1) is 0 Å². The van der Waals surface area contributed by atoms with Crippen molar-refractivity contribution in [2.45, 2.75) is 57.1 Å². The standard InChI is InChI=1S/C23H29N5O2/c29-20-6-4-19(5-7-20)28-12-9-23(21(28)30)8-2-11-27(16-23)22-25-14-18(15-26-22)17-3-1-10-24-13-17/h1,3,10,13-15,19-20,29H,2,4-9,11-12,16H2/t19?,20?,23-/m1/s1. The van der Waals surface area contributed by atoms with Gasteiger partial charge in [0.15, 0.2) is 0 Å². The molecule has 2 aromatic heterocycles. The number of amides is 1. The van der Waals surface area contributed by atoms with Gasteiger partial charge in [0, 0.05) is 61.6 Å². The van der Waals surface area contributed by atoms with E-state index in [-0.39, 0.29) is 11.5 Å². The van der Waals surface area contributed by atoms with Crippen LogP contribution in [0.2, 0.25) is 0 Å². The summed E-state index contributed by atoms with van der Waals surface area (Å²) in [6.07, 6.45) is 13.4. The lowest BCUT2D eigenvalue weighted by molar-refractivity contribution is -0.139. The maximum atomic E-state index is 13.5. The average Bonchev–Trinajstić information content (AvgIpc) is 3.10. The van der Waals surface area contributed by atoms with Crippen molar-refractivity contribution in [3.63, 3.8) is 0 Å². The molecule has 0 bridgehead atoms. The first-order chi connectivity index (χ1) is 14.6. The lowest BCUT2D eigenvalue weighted by Gasteiger charge is -2.40. The van der Waals surface area contributed by atoms with E-state index in [4.69, 9.17) is 0 Å². The van der Waals surface area contributed by atoms with Gasteiger partial charge >= 0.3 is 0 Å². The second-order valence-electron chi connectivity index (χ2n) is 9.03. The minimum Gasteiger partial charge on any atom is -0.393 e. The van der Waals surface area contributed by atoms with Crippen molar-refractivity contribution in [3.8, 4) is 11.1 Å². The maximum Gasteiger partial charge on any atom is 0.230 e. The minimum atomic E-state index is -0.306. The van der Waals surface area contributed by atoms with Crippen molar-refractivity contribution >= 4 is 11.9 Å². The molecule has 7 heteroatoms. The summed E-state index contributed by atoms with van der Waals surface area (Å²) in [5, 5.41) is 9.80. The number of aliphatic hydroxyl groups excluding tert-OH is 1. The second kappa shape index (κ2) is 7.95. The van der Waals surface area contributed by atoms with E-state index >= 15 is 0 Å². The Morgan fingerprint density at radius 2 is 1.80 bits per heavy atom. The Bertz CT molecular complexity index is 882. The van der Waals surface area contributed by atoms with Crippen LogP contribution in [0.1, 0.15) is 44.9 Å². The molecule has 5 rings (SSSR count). The number of rotatable bonds is 3. The molecule has 2 aliphatic heterocycles. The fraction of sp³-hybridized carbons (Fsp3) is 0.565. The van der Waals surface area contributed by atoms with Gasteiger partial charge in [-0.05, 0) is 51.0 Å². The Labute approximate surface area is 177 Å². The molecule has 3 fully saturated rings. The summed E-state index contributed by atoms with van der Waals surface area (Å²) >= 11 is 0. The SMILES string of the molecule is O=C1N(C2CCC(O)CC2)CC[C@@]12CCCN(c1ncc(-c3cccnc3)cn1)C2. The number of piperidine rings is 1. The smallest absolute Gasteiger partial charge is 0.230 e. The topological polar surface area (TPSA) is 82.5 Å². The van der Waals surface area contributed by atoms with Gasteiger partial charge in [-0.1, -0.05) is 6.07 Å². The summed E-state index contributed by atoms with van der Waals surface area (Å²) in [5.74, 6) is 1.01. The molecule has 1 N–H and O–H groups in total. The molecular formula is C23H29N5O2. The van der Waals surface area contributed by atoms with E-state index < -0.39 is 0 Å². The third-order valence-corrected chi connectivity index (χ3v) is 7.15. The Balaban J connectivity index is 1.29. The molecule has 30 heavy (non-hydrogen) atoms. The zero-order valence-electron chi connectivity index (χ0n) is 17.3. The molecule has 2 aromatic rings. The van der Waals surface area contributed by atoms with E-state index in [1.807, 2.05) is 30.7 Å². The first-order valence-corrected chi connectivity index (χ1v) is 11.1. The number of anilines is 1. The number of aromatic nitrogens is 3. The van der Waals surface area contributed by atoms with Crippen molar-refractivity contribution in [2.24, 2.45) is 5.41 Å². The van der Waals surface area contributed by atoms with Crippen LogP contribution in [0.3, 0.4) is 0 Å². The number of carbonyl (C=O) groups excluding carboxylic acids is 1. The van der Waals surface area contributed by atoms with Gasteiger partial charge in [-0.2, -0.15) is 0 Å². The summed E-state index contributed by atoms with van der Waals surface area (Å²) < 4.78 is 0. The monoisotopic (exact) mass is 407 g/mol. The van der Waals surface area contributed by atoms with Gasteiger partial charge in [0.25, 0.3) is 0 Å². The molecule has 3 aliphatic rings. The number of pyridine rings is 1. The van der Waals surface area contributed by atoms with Crippen molar-refractivity contribution in [1.82, 2.24) is 19.9 Å². The molecule has 7 nitrogen and oxygen atoms in total. The highest BCUT2D eigenvalue weighted by atomic mass is 16.3. The van der Waals surface area contributed by atoms with Crippen molar-refractivity contribution in [1.29, 1.82) is 0 Å². The van der Waals surface area contributed by atoms with E-state index in [9.17, 15) is 9.90 Å². The minimum absolute atomic E-state index is 0.190. The highest BCUT2D eigenvalue weighted by Crippen LogP contribution is 2.43. The zero-order valence-corrected chi connectivity index (χ0v) is 17.3. The lowest BCUT2D eigenvalue weighted by Crippen LogP contribution is -2.50. The summed E-state index contributed by atoms with van der Waals surface area (Å²) in [7, 11) is 0. The Kier molecular flexibility index (Phi) is 5.15. The molecule has 1 amide bonds. The molecule has 1 atom stereocenters. The van der Waals surface area contributed by atoms with Crippen LogP contribution in [-0.2, 0) is 4.79 Å². The number of hydrogen-bond acceptors (Lipinski definition) is 6. The van der Waals surface area contributed by atoms with E-state index in [0.717, 1.165) is 69.2 Å². The third kappa shape index (κ3) is 3.55. The van der Waals surface area contributed by atoms with Gasteiger partial charge in [0.2, 0.25) is 11.9 Å². The number of hydrogen-bond donors (Lipinski definition) is 1. The number of likely N-dealkylation sites (tertiary alicyclic amines) is 1. The van der Waals surface area contributed by atoms with Gasteiger partial charge in [0.1, 0.15) is 0 Å². The van der Waals surface area contributed by atoms with Gasteiger partial charge < -0.3 is 14.9 Å². The first kappa shape index (κ1) is 19.4. The number of aliphatic hydroxyl groups is 1. The van der Waals surface area contributed by atoms with E-state index in [2.05, 4.69) is 24.8 Å². The second-order valence-corrected chi connectivity index (χ2v) is 9.03. The van der Waals surface area contributed by atoms with Crippen molar-refractivity contribution in [2.75, 3.05) is 24.5 Å². The number of nitrogens with zero attached hydrogens (tertiary/aromatic N) is 5. The quantitative estimate of drug-likeness (QED) is 0.842. The predicted molar refractivity (Wildman–Crippen MR) is 114 cm³/mol. The lowest BCUT2D eigenvalue weighted by atomic mass is 9.78. The molecule has 1 aliphatic carbocycles. The van der Waals surface area contributed by atoms with Crippen LogP contribution in [0.5, 0.6) is 0 Å². The molecule has 1 saturated carbocycles. The predicted octanol–water partition coefficient (Wildman–Crippen LogP) is 2.66. The summed E-state index contributed by atoms with van der Waals surface area (Å²) in [4.78, 5) is 31.1. The van der Waals surface area contributed by atoms with Gasteiger partial charge in [-0.25, -0.2) is 9.97 Å². The average molecular weight is 408 g/mol. The Morgan fingerprint density at radius 3 is 2.53 bits per heavy atom. The number of carbonyl (C=O) groups is 1. The third-order valence-electron chi connectivity index (χ3n) is 7.15. The van der Waals surface area contributed by atoms with E-state index in [1.165, 1.54) is 0 Å². The van der Waals surface area contributed by atoms with Crippen LogP contribution >= 0.6 is 0 Å². The molecule has 0 unspecified atom stereocenters. The normalized spacial score (nSPS) is 29.6. The molecule has 0 radical (unpaired) electrons. The fourth-order valence-corrected chi connectivity index (χ4v) is 5.41. The Hall–Kier alpha value is -2.54. The summed E-state index contributed by atoms with van der Waals surface area (Å²) in [6.45, 7) is 2.43. The molecule has 4 heterocycles. The summed E-state index contributed by atoms with van der Waals surface area (Å²) in [6, 6.07) is 4.20. The van der Waals surface area contributed by atoms with Gasteiger partial charge in [0.05, 0.1) is 11.5 Å². The molecule has 1 spiro atoms. The first-order valence-electron chi connectivity index (χ1n) is 11.1. The van der Waals surface area contributed by atoms with Crippen molar-refractivity contribution in [3.05, 3.63) is 36.9 Å². The van der Waals surface area contributed by atoms with Crippen LogP contribution in [0, 0.1) is 5.41 Å². The van der Waals surface area contributed by atoms with Crippen LogP contribution in [0.25, 0.3) is 11.1 Å². The van der Waals surface area contributed by atoms with E-state index in [1.54, 1.807) is 6.20 Å². The molecule has 158 valence electrons. The highest BCUT2D eigenvalue weighted by molar-refractivity contribution is 5.86. The van der Waals surface area contributed by atoms with Crippen LogP contribution in [0.15, 0.2) is 36.9 Å². The Morgan fingerprint density at radius 1 is 1.00 bits per heavy atom. The molecule has 2 saturated heterocycles. The fourth-order valence-electron chi connectivity index (χ4n) is 5.41. The maximum absolute atomic E-state index is 13.5. The van der Waals surface area contributed by atoms with Crippen LogP contribution in [-0.4, -0.2) is 62.6 Å². The highest BCUT2D eigenvalue weighted by Gasteiger charge is 2.50. The molecule has 0 aromatic carbocycles. The molecular weight excluding hydrogens is 378 g/mol. The van der Waals surface area contributed by atoms with Crippen LogP contribution < -0.4 is 4.90 Å². The summed E-state index contributed by atoms with van der Waals surface area (Å²) in [5.41, 5.74) is 1.64. The zero-order chi connectivity index (χ0) is 20.6.